The molecule has 1 unspecified atom stereocenters. The molecule has 1 aromatic heterocycles. The number of rotatable bonds is 11. The number of halogens is 2. The first-order chi connectivity index (χ1) is 17.5. The van der Waals surface area contributed by atoms with Crippen molar-refractivity contribution in [1.82, 2.24) is 9.55 Å². The maximum absolute atomic E-state index is 12.9. The molecule has 0 spiro atoms. The lowest BCUT2D eigenvalue weighted by Gasteiger charge is -2.41. The molecule has 1 aliphatic heterocycles. The van der Waals surface area contributed by atoms with Crippen LogP contribution in [0.15, 0.2) is 21.9 Å². The zero-order valence-electron chi connectivity index (χ0n) is 24.3. The minimum atomic E-state index is -4.96. The van der Waals surface area contributed by atoms with E-state index in [4.69, 9.17) is 45.8 Å². The highest BCUT2D eigenvalue weighted by molar-refractivity contribution is 7.45. The third kappa shape index (κ3) is 9.08. The van der Waals surface area contributed by atoms with Crippen molar-refractivity contribution in [1.29, 1.82) is 0 Å². The number of aromatic nitrogens is 2. The van der Waals surface area contributed by atoms with E-state index in [-0.39, 0.29) is 16.7 Å². The molecule has 1 N–H and O–H groups in total. The molecular formula is C23H42Cl2N2O9PSi2-. The third-order valence-electron chi connectivity index (χ3n) is 7.67. The molecule has 0 bridgehead atoms. The fourth-order valence-corrected chi connectivity index (χ4v) is 6.84. The molecular weight excluding hydrogens is 606 g/mol. The minimum Gasteiger partial charge on any atom is -0.756 e. The van der Waals surface area contributed by atoms with Crippen LogP contribution in [-0.4, -0.2) is 62.5 Å². The van der Waals surface area contributed by atoms with Crippen LogP contribution in [0, 0.1) is 0 Å². The van der Waals surface area contributed by atoms with Crippen molar-refractivity contribution in [2.75, 3.05) is 13.2 Å². The highest BCUT2D eigenvalue weighted by Crippen LogP contribution is 2.49. The van der Waals surface area contributed by atoms with Crippen molar-refractivity contribution in [2.45, 2.75) is 107 Å². The van der Waals surface area contributed by atoms with Crippen LogP contribution in [0.1, 0.15) is 47.8 Å². The summed E-state index contributed by atoms with van der Waals surface area (Å²) in [7, 11) is -9.87. The monoisotopic (exact) mass is 647 g/mol. The van der Waals surface area contributed by atoms with Crippen molar-refractivity contribution >= 4 is 47.7 Å². The van der Waals surface area contributed by atoms with Crippen molar-refractivity contribution in [3.05, 3.63) is 33.1 Å². The maximum atomic E-state index is 12.9. The summed E-state index contributed by atoms with van der Waals surface area (Å²) in [5.74, 6) is 0. The van der Waals surface area contributed by atoms with Gasteiger partial charge in [0.25, 0.3) is 13.4 Å². The maximum Gasteiger partial charge on any atom is 0.330 e. The molecule has 2 heterocycles. The van der Waals surface area contributed by atoms with E-state index < -0.39 is 71.7 Å². The fourth-order valence-electron chi connectivity index (χ4n) is 3.30. The van der Waals surface area contributed by atoms with Gasteiger partial charge >= 0.3 is 5.69 Å². The highest BCUT2D eigenvalue weighted by Gasteiger charge is 2.53. The first kappa shape index (κ1) is 34.9. The smallest absolute Gasteiger partial charge is 0.330 e. The van der Waals surface area contributed by atoms with E-state index in [1.165, 1.54) is 12.3 Å². The van der Waals surface area contributed by atoms with Gasteiger partial charge in [-0.1, -0.05) is 41.5 Å². The van der Waals surface area contributed by atoms with Gasteiger partial charge in [-0.25, -0.2) is 4.79 Å². The van der Waals surface area contributed by atoms with Gasteiger partial charge < -0.3 is 27.5 Å². The highest BCUT2D eigenvalue weighted by atomic mass is 35.5. The number of aromatic amines is 1. The Balaban J connectivity index is 2.60. The Kier molecular flexibility index (Phi) is 11.2. The van der Waals surface area contributed by atoms with E-state index >= 15 is 0 Å². The lowest BCUT2D eigenvalue weighted by atomic mass is 10.1. The van der Waals surface area contributed by atoms with Crippen molar-refractivity contribution < 1.29 is 32.1 Å². The molecule has 0 amide bonds. The Morgan fingerprint density at radius 2 is 1.64 bits per heavy atom. The number of H-pyrrole nitrogens is 1. The lowest BCUT2D eigenvalue weighted by molar-refractivity contribution is -0.233. The molecule has 2 rings (SSSR count). The quantitative estimate of drug-likeness (QED) is 0.208. The largest absolute Gasteiger partial charge is 0.756 e. The molecule has 1 aromatic rings. The second kappa shape index (κ2) is 12.5. The molecule has 11 nitrogen and oxygen atoms in total. The molecule has 1 aliphatic rings. The van der Waals surface area contributed by atoms with E-state index in [1.807, 2.05) is 47.0 Å². The summed E-state index contributed by atoms with van der Waals surface area (Å²) in [5.41, 5.74) is -1.33. The van der Waals surface area contributed by atoms with Crippen LogP contribution in [0.3, 0.4) is 0 Å². The van der Waals surface area contributed by atoms with Crippen LogP contribution in [-0.2, 0) is 27.2 Å². The Morgan fingerprint density at radius 3 is 2.13 bits per heavy atom. The topological polar surface area (TPSA) is 141 Å². The van der Waals surface area contributed by atoms with Crippen LogP contribution in [0.2, 0.25) is 36.3 Å². The molecule has 16 heteroatoms. The molecule has 226 valence electrons. The number of phosphoric ester groups is 1. The molecule has 39 heavy (non-hydrogen) atoms. The van der Waals surface area contributed by atoms with E-state index in [0.29, 0.717) is 0 Å². The van der Waals surface area contributed by atoms with Crippen LogP contribution < -0.4 is 16.1 Å². The number of nitrogens with zero attached hydrogens (tertiary/aromatic N) is 1. The molecule has 1 fully saturated rings. The predicted octanol–water partition coefficient (Wildman–Crippen LogP) is 4.52. The number of phosphoric acid groups is 1. The Morgan fingerprint density at radius 1 is 1.08 bits per heavy atom. The van der Waals surface area contributed by atoms with Crippen molar-refractivity contribution in [2.24, 2.45) is 0 Å². The van der Waals surface area contributed by atoms with Gasteiger partial charge in [0.1, 0.15) is 23.1 Å². The summed E-state index contributed by atoms with van der Waals surface area (Å²) in [6.45, 7) is 19.8. The van der Waals surface area contributed by atoms with Gasteiger partial charge in [-0.3, -0.25) is 18.9 Å². The second-order valence-corrected chi connectivity index (χ2v) is 24.9. The number of ether oxygens (including phenoxy) is 1. The molecule has 0 saturated carbocycles. The molecule has 0 radical (unpaired) electrons. The molecule has 0 aromatic carbocycles. The summed E-state index contributed by atoms with van der Waals surface area (Å²) in [5, 5.41) is -0.420. The van der Waals surface area contributed by atoms with Gasteiger partial charge in [0.15, 0.2) is 22.9 Å². The van der Waals surface area contributed by atoms with Gasteiger partial charge in [-0.05, 0) is 36.3 Å². The van der Waals surface area contributed by atoms with Gasteiger partial charge in [0.2, 0.25) is 0 Å². The SMILES string of the molecule is CC(C)(C)[Si](C)(C)OC[C@H]1O[C@@H](n2ccc(=O)[nH]c2=O)[C@H](O[Si](C)(C)C(C)(C)C)[C@@H]1OP(=O)([O-])OCC(Cl)Cl. The predicted molar refractivity (Wildman–Crippen MR) is 154 cm³/mol. The van der Waals surface area contributed by atoms with E-state index in [1.54, 1.807) is 0 Å². The van der Waals surface area contributed by atoms with Crippen molar-refractivity contribution in [3.63, 3.8) is 0 Å². The number of nitrogens with one attached hydrogen (secondary N) is 1. The third-order valence-corrected chi connectivity index (χ3v) is 17.9. The summed E-state index contributed by atoms with van der Waals surface area (Å²) in [4.78, 5) is 38.6. The summed E-state index contributed by atoms with van der Waals surface area (Å²) in [6, 6.07) is 1.17. The van der Waals surface area contributed by atoms with E-state index in [9.17, 15) is 19.0 Å². The molecule has 1 saturated heterocycles. The number of alkyl halides is 2. The first-order valence-electron chi connectivity index (χ1n) is 12.7. The zero-order chi connectivity index (χ0) is 30.2. The molecule has 0 aliphatic carbocycles. The molecule has 5 atom stereocenters. The van der Waals surface area contributed by atoms with Gasteiger partial charge in [0.05, 0.1) is 13.2 Å². The standard InChI is InChI=1S/C23H43Cl2N2O9PSi2/c1-22(2,3)38(7,8)33-13-15-18(35-37(30,31)32-14-16(24)25)19(36-39(9,10)23(4,5)6)20(34-15)27-12-11-17(28)26-21(27)29/h11-12,15-16,18-20H,13-14H2,1-10H3,(H,30,31)(H,26,28,29)/p-1/t15-,18-,19-,20-/m1/s1. The average Bonchev–Trinajstić information content (AvgIpc) is 3.05. The van der Waals surface area contributed by atoms with Gasteiger partial charge in [-0.15, -0.1) is 23.2 Å². The lowest BCUT2D eigenvalue weighted by Crippen LogP contribution is -2.51. The van der Waals surface area contributed by atoms with Gasteiger partial charge in [0, 0.05) is 12.3 Å². The Bertz CT molecular complexity index is 1150. The number of hydrogen-bond acceptors (Lipinski definition) is 9. The fraction of sp³-hybridized carbons (Fsp3) is 0.826. The summed E-state index contributed by atoms with van der Waals surface area (Å²) < 4.78 is 43.8. The van der Waals surface area contributed by atoms with Crippen LogP contribution in [0.25, 0.3) is 0 Å². The number of hydrogen-bond donors (Lipinski definition) is 1. The van der Waals surface area contributed by atoms with Crippen LogP contribution >= 0.6 is 31.0 Å². The van der Waals surface area contributed by atoms with Crippen LogP contribution in [0.5, 0.6) is 0 Å². The van der Waals surface area contributed by atoms with Crippen molar-refractivity contribution in [3.8, 4) is 0 Å². The van der Waals surface area contributed by atoms with Gasteiger partial charge in [-0.2, -0.15) is 0 Å². The summed E-state index contributed by atoms with van der Waals surface area (Å²) >= 11 is 11.3. The zero-order valence-corrected chi connectivity index (χ0v) is 28.7. The minimum absolute atomic E-state index is 0.0270. The first-order valence-corrected chi connectivity index (χ1v) is 20.8. The summed E-state index contributed by atoms with van der Waals surface area (Å²) in [6.07, 6.45) is -3.14. The van der Waals surface area contributed by atoms with E-state index in [2.05, 4.69) is 25.8 Å². The average molecular weight is 649 g/mol. The second-order valence-electron chi connectivity index (χ2n) is 12.7. The van der Waals surface area contributed by atoms with E-state index in [0.717, 1.165) is 4.57 Å². The normalized spacial score (nSPS) is 24.8. The Labute approximate surface area is 242 Å². The van der Waals surface area contributed by atoms with Crippen LogP contribution in [0.4, 0.5) is 0 Å². The Hall–Kier alpha value is -0.316.